The first-order valence-corrected chi connectivity index (χ1v) is 6.85. The number of hydrogen-bond donors (Lipinski definition) is 0. The van der Waals surface area contributed by atoms with Gasteiger partial charge in [-0.3, -0.25) is 4.79 Å². The highest BCUT2D eigenvalue weighted by Gasteiger charge is 2.31. The topological polar surface area (TPSA) is 29.5 Å². The first-order valence-electron chi connectivity index (χ1n) is 5.35. The average molecular weight is 319 g/mol. The molecule has 1 saturated heterocycles. The molecule has 0 bridgehead atoms. The van der Waals surface area contributed by atoms with Crippen LogP contribution in [0.5, 0.6) is 5.75 Å². The van der Waals surface area contributed by atoms with E-state index >= 15 is 0 Å². The Labute approximate surface area is 114 Å². The Morgan fingerprint density at radius 1 is 1.59 bits per heavy atom. The van der Waals surface area contributed by atoms with E-state index < -0.39 is 0 Å². The molecule has 0 saturated carbocycles. The molecule has 1 fully saturated rings. The lowest BCUT2D eigenvalue weighted by atomic mass is 10.2. The van der Waals surface area contributed by atoms with Crippen molar-refractivity contribution in [2.75, 3.05) is 23.9 Å². The minimum absolute atomic E-state index is 0.120. The van der Waals surface area contributed by atoms with Crippen LogP contribution in [-0.4, -0.2) is 24.9 Å². The lowest BCUT2D eigenvalue weighted by Crippen LogP contribution is -2.25. The van der Waals surface area contributed by atoms with Crippen molar-refractivity contribution in [3.63, 3.8) is 0 Å². The summed E-state index contributed by atoms with van der Waals surface area (Å²) in [6.07, 6.45) is 0.570. The van der Waals surface area contributed by atoms with Crippen LogP contribution in [0.3, 0.4) is 0 Å². The second-order valence-corrected chi connectivity index (χ2v) is 5.13. The number of rotatable bonds is 3. The third-order valence-corrected chi connectivity index (χ3v) is 4.01. The molecule has 2 rings (SSSR count). The second-order valence-electron chi connectivity index (χ2n) is 4.04. The summed E-state index contributed by atoms with van der Waals surface area (Å²) < 4.78 is 5.27. The standard InChI is InChI=1S/C12H13BrClNO2/c1-17-11-3-2-9(14)5-10(11)15-7-8(6-13)4-12(15)16/h2-3,5,8H,4,6-7H2,1H3. The minimum atomic E-state index is 0.120. The van der Waals surface area contributed by atoms with E-state index in [-0.39, 0.29) is 5.91 Å². The van der Waals surface area contributed by atoms with Crippen LogP contribution in [0, 0.1) is 5.92 Å². The Morgan fingerprint density at radius 2 is 2.35 bits per heavy atom. The van der Waals surface area contributed by atoms with Gasteiger partial charge in [-0.05, 0) is 24.1 Å². The highest BCUT2D eigenvalue weighted by Crippen LogP contribution is 2.35. The molecule has 3 nitrogen and oxygen atoms in total. The maximum atomic E-state index is 11.9. The van der Waals surface area contributed by atoms with E-state index in [1.54, 1.807) is 30.2 Å². The van der Waals surface area contributed by atoms with Gasteiger partial charge in [0, 0.05) is 23.3 Å². The molecule has 1 aliphatic heterocycles. The van der Waals surface area contributed by atoms with Crippen LogP contribution < -0.4 is 9.64 Å². The zero-order chi connectivity index (χ0) is 12.4. The fourth-order valence-electron chi connectivity index (χ4n) is 1.99. The predicted molar refractivity (Wildman–Crippen MR) is 72.3 cm³/mol. The van der Waals surface area contributed by atoms with Crippen LogP contribution in [0.2, 0.25) is 5.02 Å². The minimum Gasteiger partial charge on any atom is -0.495 e. The van der Waals surface area contributed by atoms with Gasteiger partial charge in [0.25, 0.3) is 0 Å². The molecule has 0 N–H and O–H groups in total. The van der Waals surface area contributed by atoms with Crippen molar-refractivity contribution < 1.29 is 9.53 Å². The summed E-state index contributed by atoms with van der Waals surface area (Å²) in [5.74, 6) is 1.15. The third-order valence-electron chi connectivity index (χ3n) is 2.86. The number of halogens is 2. The molecular weight excluding hydrogens is 305 g/mol. The third kappa shape index (κ3) is 2.58. The molecule has 0 aromatic heterocycles. The molecular formula is C12H13BrClNO2. The van der Waals surface area contributed by atoms with Crippen molar-refractivity contribution in [3.05, 3.63) is 23.2 Å². The molecule has 1 aromatic rings. The zero-order valence-corrected chi connectivity index (χ0v) is 11.8. The Bertz CT molecular complexity index is 439. The summed E-state index contributed by atoms with van der Waals surface area (Å²) in [6.45, 7) is 0.709. The first-order chi connectivity index (χ1) is 8.15. The number of hydrogen-bond acceptors (Lipinski definition) is 2. The summed E-state index contributed by atoms with van der Waals surface area (Å²) in [5, 5.41) is 1.44. The van der Waals surface area contributed by atoms with E-state index in [1.165, 1.54) is 0 Å². The summed E-state index contributed by atoms with van der Waals surface area (Å²) in [5.41, 5.74) is 0.758. The zero-order valence-electron chi connectivity index (χ0n) is 9.45. The van der Waals surface area contributed by atoms with Gasteiger partial charge in [0.2, 0.25) is 5.91 Å². The lowest BCUT2D eigenvalue weighted by Gasteiger charge is -2.19. The molecule has 17 heavy (non-hydrogen) atoms. The predicted octanol–water partition coefficient (Wildman–Crippen LogP) is 3.10. The van der Waals surface area contributed by atoms with Crippen molar-refractivity contribution in [3.8, 4) is 5.75 Å². The van der Waals surface area contributed by atoms with Crippen molar-refractivity contribution in [1.29, 1.82) is 0 Å². The first kappa shape index (κ1) is 12.7. The molecule has 1 unspecified atom stereocenters. The number of nitrogens with zero attached hydrogens (tertiary/aromatic N) is 1. The van der Waals surface area contributed by atoms with Gasteiger partial charge in [0.05, 0.1) is 12.8 Å². The van der Waals surface area contributed by atoms with Crippen LogP contribution in [-0.2, 0) is 4.79 Å². The van der Waals surface area contributed by atoms with Gasteiger partial charge in [-0.1, -0.05) is 27.5 Å². The lowest BCUT2D eigenvalue weighted by molar-refractivity contribution is -0.117. The summed E-state index contributed by atoms with van der Waals surface area (Å²) >= 11 is 9.39. The maximum Gasteiger partial charge on any atom is 0.227 e. The average Bonchev–Trinajstić information content (AvgIpc) is 2.70. The van der Waals surface area contributed by atoms with Crippen LogP contribution in [0.4, 0.5) is 5.69 Å². The Kier molecular flexibility index (Phi) is 3.94. The summed E-state index contributed by atoms with van der Waals surface area (Å²) in [4.78, 5) is 13.7. The highest BCUT2D eigenvalue weighted by molar-refractivity contribution is 9.09. The highest BCUT2D eigenvalue weighted by atomic mass is 79.9. The van der Waals surface area contributed by atoms with Crippen LogP contribution in [0.25, 0.3) is 0 Å². The largest absolute Gasteiger partial charge is 0.495 e. The Balaban J connectivity index is 2.33. The van der Waals surface area contributed by atoms with Crippen LogP contribution >= 0.6 is 27.5 Å². The van der Waals surface area contributed by atoms with Crippen molar-refractivity contribution in [2.24, 2.45) is 5.92 Å². The Morgan fingerprint density at radius 3 is 2.94 bits per heavy atom. The molecule has 1 heterocycles. The Hall–Kier alpha value is -0.740. The van der Waals surface area contributed by atoms with E-state index in [9.17, 15) is 4.79 Å². The smallest absolute Gasteiger partial charge is 0.227 e. The normalized spacial score (nSPS) is 19.8. The SMILES string of the molecule is COc1ccc(Cl)cc1N1CC(CBr)CC1=O. The van der Waals surface area contributed by atoms with Gasteiger partial charge >= 0.3 is 0 Å². The number of carbonyl (C=O) groups excluding carboxylic acids is 1. The van der Waals surface area contributed by atoms with E-state index in [2.05, 4.69) is 15.9 Å². The molecule has 0 spiro atoms. The molecule has 1 atom stereocenters. The number of alkyl halides is 1. The molecule has 0 aliphatic carbocycles. The molecule has 92 valence electrons. The van der Waals surface area contributed by atoms with Crippen LogP contribution in [0.15, 0.2) is 18.2 Å². The van der Waals surface area contributed by atoms with Crippen molar-refractivity contribution in [1.82, 2.24) is 0 Å². The molecule has 1 aromatic carbocycles. The van der Waals surface area contributed by atoms with Gasteiger partial charge in [-0.25, -0.2) is 0 Å². The second kappa shape index (κ2) is 5.27. The van der Waals surface area contributed by atoms with Gasteiger partial charge in [0.15, 0.2) is 0 Å². The number of carbonyl (C=O) groups is 1. The fraction of sp³-hybridized carbons (Fsp3) is 0.417. The number of anilines is 1. The van der Waals surface area contributed by atoms with E-state index in [4.69, 9.17) is 16.3 Å². The van der Waals surface area contributed by atoms with E-state index in [0.29, 0.717) is 29.7 Å². The van der Waals surface area contributed by atoms with E-state index in [0.717, 1.165) is 11.0 Å². The summed E-state index contributed by atoms with van der Waals surface area (Å²) in [6, 6.07) is 5.31. The van der Waals surface area contributed by atoms with Gasteiger partial charge in [0.1, 0.15) is 5.75 Å². The molecule has 0 radical (unpaired) electrons. The quantitative estimate of drug-likeness (QED) is 0.802. The monoisotopic (exact) mass is 317 g/mol. The number of benzene rings is 1. The number of ether oxygens (including phenoxy) is 1. The van der Waals surface area contributed by atoms with Crippen LogP contribution in [0.1, 0.15) is 6.42 Å². The molecule has 5 heteroatoms. The van der Waals surface area contributed by atoms with Gasteiger partial charge in [-0.2, -0.15) is 0 Å². The maximum absolute atomic E-state index is 11.9. The molecule has 1 aliphatic rings. The number of methoxy groups -OCH3 is 1. The van der Waals surface area contributed by atoms with E-state index in [1.807, 2.05) is 0 Å². The van der Waals surface area contributed by atoms with Gasteiger partial charge in [-0.15, -0.1) is 0 Å². The van der Waals surface area contributed by atoms with Gasteiger partial charge < -0.3 is 9.64 Å². The van der Waals surface area contributed by atoms with Crippen molar-refractivity contribution in [2.45, 2.75) is 6.42 Å². The summed E-state index contributed by atoms with van der Waals surface area (Å²) in [7, 11) is 1.59. The number of amides is 1. The van der Waals surface area contributed by atoms with Crippen molar-refractivity contribution >= 4 is 39.1 Å². The molecule has 1 amide bonds. The fourth-order valence-corrected chi connectivity index (χ4v) is 2.59.